The van der Waals surface area contributed by atoms with Crippen molar-refractivity contribution in [1.29, 1.82) is 0 Å². The summed E-state index contributed by atoms with van der Waals surface area (Å²) >= 11 is 0. The Hall–Kier alpha value is -2.56. The molecule has 0 spiro atoms. The molecule has 2 N–H and O–H groups in total. The van der Waals surface area contributed by atoms with Crippen LogP contribution in [0.15, 0.2) is 47.5 Å². The first-order valence-electron chi connectivity index (χ1n) is 8.04. The molecule has 2 aromatic rings. The fraction of sp³-hybridized carbons (Fsp3) is 0.316. The Labute approximate surface area is 142 Å². The number of hydrogen-bond donors (Lipinski definition) is 2. The van der Waals surface area contributed by atoms with Crippen molar-refractivity contribution in [3.8, 4) is 5.75 Å². The zero-order valence-electron chi connectivity index (χ0n) is 14.4. The van der Waals surface area contributed by atoms with Crippen molar-refractivity contribution in [2.45, 2.75) is 26.9 Å². The maximum atomic E-state index is 13.3. The van der Waals surface area contributed by atoms with E-state index in [4.69, 9.17) is 4.74 Å². The SMILES string of the molecule is CCOc1ccccc1CNC(=NC)NCc1ccc(F)c(C)c1. The summed E-state index contributed by atoms with van der Waals surface area (Å²) in [5, 5.41) is 6.50. The normalized spacial score (nSPS) is 11.2. The number of para-hydroxylation sites is 1. The number of rotatable bonds is 6. The summed E-state index contributed by atoms with van der Waals surface area (Å²) in [5.74, 6) is 1.37. The predicted octanol–water partition coefficient (Wildman–Crippen LogP) is 3.40. The zero-order chi connectivity index (χ0) is 17.4. The highest BCUT2D eigenvalue weighted by molar-refractivity contribution is 5.79. The van der Waals surface area contributed by atoms with Crippen LogP contribution in [0.1, 0.15) is 23.6 Å². The zero-order valence-corrected chi connectivity index (χ0v) is 14.4. The van der Waals surface area contributed by atoms with Crippen LogP contribution in [0.3, 0.4) is 0 Å². The molecule has 0 saturated heterocycles. The second-order valence-electron chi connectivity index (χ2n) is 5.40. The van der Waals surface area contributed by atoms with Crippen molar-refractivity contribution < 1.29 is 9.13 Å². The highest BCUT2D eigenvalue weighted by Crippen LogP contribution is 2.17. The molecule has 5 heteroatoms. The van der Waals surface area contributed by atoms with Crippen LogP contribution in [-0.4, -0.2) is 19.6 Å². The van der Waals surface area contributed by atoms with Crippen LogP contribution in [0.2, 0.25) is 0 Å². The van der Waals surface area contributed by atoms with E-state index in [9.17, 15) is 4.39 Å². The number of halogens is 1. The lowest BCUT2D eigenvalue weighted by atomic mass is 10.1. The van der Waals surface area contributed by atoms with Crippen molar-refractivity contribution >= 4 is 5.96 Å². The van der Waals surface area contributed by atoms with Crippen LogP contribution in [0, 0.1) is 12.7 Å². The van der Waals surface area contributed by atoms with Gasteiger partial charge in [-0.2, -0.15) is 0 Å². The summed E-state index contributed by atoms with van der Waals surface area (Å²) in [4.78, 5) is 4.21. The predicted molar refractivity (Wildman–Crippen MR) is 95.8 cm³/mol. The minimum atomic E-state index is -0.186. The largest absolute Gasteiger partial charge is 0.494 e. The van der Waals surface area contributed by atoms with E-state index in [0.29, 0.717) is 31.2 Å². The number of hydrogen-bond acceptors (Lipinski definition) is 2. The highest BCUT2D eigenvalue weighted by Gasteiger charge is 2.05. The molecule has 2 rings (SSSR count). The third-order valence-corrected chi connectivity index (χ3v) is 3.62. The second kappa shape index (κ2) is 8.91. The summed E-state index contributed by atoms with van der Waals surface area (Å²) in [6.07, 6.45) is 0. The summed E-state index contributed by atoms with van der Waals surface area (Å²) < 4.78 is 18.9. The summed E-state index contributed by atoms with van der Waals surface area (Å²) in [5.41, 5.74) is 2.72. The van der Waals surface area contributed by atoms with Gasteiger partial charge in [0.15, 0.2) is 5.96 Å². The number of nitrogens with one attached hydrogen (secondary N) is 2. The van der Waals surface area contributed by atoms with Gasteiger partial charge in [-0.1, -0.05) is 30.3 Å². The number of guanidine groups is 1. The molecular formula is C19H24FN3O. The summed E-state index contributed by atoms with van der Waals surface area (Å²) in [6, 6.07) is 13.0. The van der Waals surface area contributed by atoms with Gasteiger partial charge in [0.05, 0.1) is 6.61 Å². The molecule has 0 saturated carbocycles. The molecule has 0 heterocycles. The minimum absolute atomic E-state index is 0.186. The Bertz CT molecular complexity index is 701. The van der Waals surface area contributed by atoms with Crippen molar-refractivity contribution in [2.75, 3.05) is 13.7 Å². The lowest BCUT2D eigenvalue weighted by Crippen LogP contribution is -2.36. The molecule has 0 aliphatic heterocycles. The quantitative estimate of drug-likeness (QED) is 0.631. The van der Waals surface area contributed by atoms with E-state index in [2.05, 4.69) is 15.6 Å². The first-order valence-corrected chi connectivity index (χ1v) is 8.04. The first-order chi connectivity index (χ1) is 11.6. The smallest absolute Gasteiger partial charge is 0.191 e. The van der Waals surface area contributed by atoms with E-state index in [1.807, 2.05) is 37.3 Å². The van der Waals surface area contributed by atoms with Crippen LogP contribution >= 0.6 is 0 Å². The van der Waals surface area contributed by atoms with Gasteiger partial charge in [0.1, 0.15) is 11.6 Å². The third kappa shape index (κ3) is 4.98. The van der Waals surface area contributed by atoms with E-state index >= 15 is 0 Å². The number of aliphatic imine (C=N–C) groups is 1. The molecule has 0 unspecified atom stereocenters. The van der Waals surface area contributed by atoms with E-state index < -0.39 is 0 Å². The third-order valence-electron chi connectivity index (χ3n) is 3.62. The molecule has 2 aromatic carbocycles. The van der Waals surface area contributed by atoms with E-state index in [0.717, 1.165) is 16.9 Å². The maximum Gasteiger partial charge on any atom is 0.191 e. The molecule has 0 amide bonds. The Kier molecular flexibility index (Phi) is 6.61. The van der Waals surface area contributed by atoms with Gasteiger partial charge in [0.25, 0.3) is 0 Å². The van der Waals surface area contributed by atoms with Gasteiger partial charge < -0.3 is 15.4 Å². The van der Waals surface area contributed by atoms with Gasteiger partial charge in [-0.05, 0) is 37.1 Å². The van der Waals surface area contributed by atoms with Gasteiger partial charge in [0.2, 0.25) is 0 Å². The van der Waals surface area contributed by atoms with Gasteiger partial charge in [-0.15, -0.1) is 0 Å². The first kappa shape index (κ1) is 17.8. The topological polar surface area (TPSA) is 45.6 Å². The van der Waals surface area contributed by atoms with E-state index in [-0.39, 0.29) is 5.82 Å². The monoisotopic (exact) mass is 329 g/mol. The molecule has 0 radical (unpaired) electrons. The Morgan fingerprint density at radius 3 is 2.58 bits per heavy atom. The number of nitrogens with zero attached hydrogens (tertiary/aromatic N) is 1. The fourth-order valence-electron chi connectivity index (χ4n) is 2.35. The van der Waals surface area contributed by atoms with Gasteiger partial charge in [0, 0.05) is 25.7 Å². The maximum absolute atomic E-state index is 13.3. The molecule has 0 aromatic heterocycles. The minimum Gasteiger partial charge on any atom is -0.494 e. The van der Waals surface area contributed by atoms with Crippen LogP contribution < -0.4 is 15.4 Å². The van der Waals surface area contributed by atoms with Crippen LogP contribution in [0.5, 0.6) is 5.75 Å². The Morgan fingerprint density at radius 2 is 1.88 bits per heavy atom. The number of ether oxygens (including phenoxy) is 1. The van der Waals surface area contributed by atoms with Gasteiger partial charge >= 0.3 is 0 Å². The summed E-state index contributed by atoms with van der Waals surface area (Å²) in [6.45, 7) is 5.55. The summed E-state index contributed by atoms with van der Waals surface area (Å²) in [7, 11) is 1.72. The van der Waals surface area contributed by atoms with Crippen LogP contribution in [0.4, 0.5) is 4.39 Å². The van der Waals surface area contributed by atoms with E-state index in [1.54, 1.807) is 20.0 Å². The van der Waals surface area contributed by atoms with Gasteiger partial charge in [-0.3, -0.25) is 4.99 Å². The lowest BCUT2D eigenvalue weighted by molar-refractivity contribution is 0.336. The van der Waals surface area contributed by atoms with Crippen molar-refractivity contribution in [3.63, 3.8) is 0 Å². The molecule has 0 aliphatic carbocycles. The van der Waals surface area contributed by atoms with E-state index in [1.165, 1.54) is 6.07 Å². The van der Waals surface area contributed by atoms with Crippen molar-refractivity contribution in [1.82, 2.24) is 10.6 Å². The molecule has 128 valence electrons. The standard InChI is InChI=1S/C19H24FN3O/c1-4-24-18-8-6-5-7-16(18)13-23-19(21-3)22-12-15-9-10-17(20)14(2)11-15/h5-11H,4,12-13H2,1-3H3,(H2,21,22,23). The van der Waals surface area contributed by atoms with Crippen LogP contribution in [-0.2, 0) is 13.1 Å². The molecule has 0 bridgehead atoms. The fourth-order valence-corrected chi connectivity index (χ4v) is 2.35. The second-order valence-corrected chi connectivity index (χ2v) is 5.40. The molecule has 4 nitrogen and oxygen atoms in total. The van der Waals surface area contributed by atoms with Gasteiger partial charge in [-0.25, -0.2) is 4.39 Å². The van der Waals surface area contributed by atoms with Crippen molar-refractivity contribution in [2.24, 2.45) is 4.99 Å². The Balaban J connectivity index is 1.92. The number of benzene rings is 2. The lowest BCUT2D eigenvalue weighted by Gasteiger charge is -2.14. The number of aryl methyl sites for hydroxylation is 1. The molecule has 0 atom stereocenters. The average Bonchev–Trinajstić information content (AvgIpc) is 2.59. The van der Waals surface area contributed by atoms with Crippen molar-refractivity contribution in [3.05, 3.63) is 65.0 Å². The van der Waals surface area contributed by atoms with Crippen LogP contribution in [0.25, 0.3) is 0 Å². The molecular weight excluding hydrogens is 305 g/mol. The molecule has 0 aliphatic rings. The highest BCUT2D eigenvalue weighted by atomic mass is 19.1. The average molecular weight is 329 g/mol. The molecule has 24 heavy (non-hydrogen) atoms. The Morgan fingerprint density at radius 1 is 1.12 bits per heavy atom. The molecule has 0 fully saturated rings.